The molecule has 1 aliphatic rings. The maximum atomic E-state index is 12.2. The van der Waals surface area contributed by atoms with Gasteiger partial charge in [-0.1, -0.05) is 13.8 Å². The number of hydrogen-bond donors (Lipinski definition) is 1. The minimum atomic E-state index is -0.0350. The summed E-state index contributed by atoms with van der Waals surface area (Å²) in [5.41, 5.74) is 0.465. The number of aromatic hydroxyl groups is 1. The summed E-state index contributed by atoms with van der Waals surface area (Å²) in [6, 6.07) is 1.47. The lowest BCUT2D eigenvalue weighted by Gasteiger charge is -2.35. The molecule has 2 atom stereocenters. The molecule has 1 N–H and O–H groups in total. The SMILES string of the molecule is CC1CCN(C(=O)c2cncc(O)c2)CC1C. The zero-order valence-corrected chi connectivity index (χ0v) is 10.3. The Morgan fingerprint density at radius 1 is 1.41 bits per heavy atom. The molecule has 0 bridgehead atoms. The van der Waals surface area contributed by atoms with Gasteiger partial charge < -0.3 is 10.0 Å². The molecule has 2 heterocycles. The first-order valence-corrected chi connectivity index (χ1v) is 6.01. The molecule has 1 aliphatic heterocycles. The fraction of sp³-hybridized carbons (Fsp3) is 0.538. The van der Waals surface area contributed by atoms with Crippen molar-refractivity contribution < 1.29 is 9.90 Å². The van der Waals surface area contributed by atoms with Gasteiger partial charge in [-0.3, -0.25) is 9.78 Å². The van der Waals surface area contributed by atoms with Crippen molar-refractivity contribution in [3.8, 4) is 5.75 Å². The molecule has 2 rings (SSSR count). The highest BCUT2D eigenvalue weighted by atomic mass is 16.3. The van der Waals surface area contributed by atoms with E-state index < -0.39 is 0 Å². The molecule has 1 aromatic heterocycles. The average molecular weight is 234 g/mol. The van der Waals surface area contributed by atoms with E-state index in [0.717, 1.165) is 19.5 Å². The summed E-state index contributed by atoms with van der Waals surface area (Å²) in [5.74, 6) is 1.20. The number of rotatable bonds is 1. The molecule has 92 valence electrons. The average Bonchev–Trinajstić information content (AvgIpc) is 2.32. The molecule has 0 saturated carbocycles. The van der Waals surface area contributed by atoms with Gasteiger partial charge in [0.2, 0.25) is 0 Å². The van der Waals surface area contributed by atoms with Crippen LogP contribution in [-0.2, 0) is 0 Å². The van der Waals surface area contributed by atoms with Crippen LogP contribution in [0.25, 0.3) is 0 Å². The van der Waals surface area contributed by atoms with Crippen LogP contribution in [-0.4, -0.2) is 34.0 Å². The molecular formula is C13H18N2O2. The minimum Gasteiger partial charge on any atom is -0.506 e. The quantitative estimate of drug-likeness (QED) is 0.807. The molecule has 4 nitrogen and oxygen atoms in total. The maximum Gasteiger partial charge on any atom is 0.255 e. The smallest absolute Gasteiger partial charge is 0.255 e. The first-order chi connectivity index (χ1) is 8.08. The standard InChI is InChI=1S/C13H18N2O2/c1-9-3-4-15(8-10(9)2)13(17)11-5-12(16)7-14-6-11/h5-7,9-10,16H,3-4,8H2,1-2H3. The van der Waals surface area contributed by atoms with Crippen LogP contribution in [0.5, 0.6) is 5.75 Å². The molecule has 1 amide bonds. The number of aromatic nitrogens is 1. The van der Waals surface area contributed by atoms with E-state index in [1.165, 1.54) is 18.5 Å². The van der Waals surface area contributed by atoms with Gasteiger partial charge in [0, 0.05) is 19.3 Å². The number of amides is 1. The number of hydrogen-bond acceptors (Lipinski definition) is 3. The van der Waals surface area contributed by atoms with E-state index in [1.807, 2.05) is 4.90 Å². The van der Waals surface area contributed by atoms with Gasteiger partial charge in [0.05, 0.1) is 11.8 Å². The van der Waals surface area contributed by atoms with Gasteiger partial charge in [-0.15, -0.1) is 0 Å². The van der Waals surface area contributed by atoms with Crippen molar-refractivity contribution in [3.05, 3.63) is 24.0 Å². The van der Waals surface area contributed by atoms with Gasteiger partial charge in [-0.2, -0.15) is 0 Å². The number of carbonyl (C=O) groups is 1. The number of carbonyl (C=O) groups excluding carboxylic acids is 1. The Labute approximate surface area is 101 Å². The summed E-state index contributed by atoms with van der Waals surface area (Å²) in [4.78, 5) is 17.9. The zero-order chi connectivity index (χ0) is 12.4. The van der Waals surface area contributed by atoms with Crippen LogP contribution >= 0.6 is 0 Å². The van der Waals surface area contributed by atoms with Crippen molar-refractivity contribution in [1.29, 1.82) is 0 Å². The lowest BCUT2D eigenvalue weighted by atomic mass is 9.88. The normalized spacial score (nSPS) is 24.7. The van der Waals surface area contributed by atoms with E-state index in [-0.39, 0.29) is 11.7 Å². The van der Waals surface area contributed by atoms with Crippen LogP contribution in [0.15, 0.2) is 18.5 Å². The van der Waals surface area contributed by atoms with Crippen LogP contribution in [0.4, 0.5) is 0 Å². The first kappa shape index (κ1) is 11.9. The zero-order valence-electron chi connectivity index (χ0n) is 10.3. The molecule has 0 aliphatic carbocycles. The van der Waals surface area contributed by atoms with Crippen molar-refractivity contribution in [2.75, 3.05) is 13.1 Å². The van der Waals surface area contributed by atoms with Gasteiger partial charge >= 0.3 is 0 Å². The molecule has 0 radical (unpaired) electrons. The Hall–Kier alpha value is -1.58. The summed E-state index contributed by atoms with van der Waals surface area (Å²) in [6.07, 6.45) is 3.88. The maximum absolute atomic E-state index is 12.2. The number of likely N-dealkylation sites (tertiary alicyclic amines) is 1. The van der Waals surface area contributed by atoms with Gasteiger partial charge in [-0.25, -0.2) is 0 Å². The molecular weight excluding hydrogens is 216 g/mol. The van der Waals surface area contributed by atoms with Crippen LogP contribution in [0, 0.1) is 11.8 Å². The summed E-state index contributed by atoms with van der Waals surface area (Å²) in [6.45, 7) is 5.98. The topological polar surface area (TPSA) is 53.4 Å². The second-order valence-corrected chi connectivity index (χ2v) is 4.93. The Bertz CT molecular complexity index is 420. The fourth-order valence-electron chi connectivity index (χ4n) is 2.17. The second-order valence-electron chi connectivity index (χ2n) is 4.93. The van der Waals surface area contributed by atoms with Crippen LogP contribution < -0.4 is 0 Å². The Morgan fingerprint density at radius 3 is 2.82 bits per heavy atom. The van der Waals surface area contributed by atoms with Gasteiger partial charge in [0.1, 0.15) is 5.75 Å². The predicted octanol–water partition coefficient (Wildman–Crippen LogP) is 1.91. The highest BCUT2D eigenvalue weighted by Crippen LogP contribution is 2.24. The molecule has 0 spiro atoms. The third-order valence-corrected chi connectivity index (χ3v) is 3.59. The number of piperidine rings is 1. The molecule has 2 unspecified atom stereocenters. The van der Waals surface area contributed by atoms with E-state index in [2.05, 4.69) is 18.8 Å². The van der Waals surface area contributed by atoms with Crippen molar-refractivity contribution in [1.82, 2.24) is 9.88 Å². The summed E-state index contributed by atoms with van der Waals surface area (Å²) in [5, 5.41) is 9.32. The van der Waals surface area contributed by atoms with E-state index in [9.17, 15) is 9.90 Å². The van der Waals surface area contributed by atoms with Crippen molar-refractivity contribution in [2.24, 2.45) is 11.8 Å². The highest BCUT2D eigenvalue weighted by Gasteiger charge is 2.26. The number of pyridine rings is 1. The van der Waals surface area contributed by atoms with Crippen molar-refractivity contribution >= 4 is 5.91 Å². The lowest BCUT2D eigenvalue weighted by Crippen LogP contribution is -2.42. The lowest BCUT2D eigenvalue weighted by molar-refractivity contribution is 0.0626. The highest BCUT2D eigenvalue weighted by molar-refractivity contribution is 5.94. The summed E-state index contributed by atoms with van der Waals surface area (Å²) >= 11 is 0. The number of nitrogens with zero attached hydrogens (tertiary/aromatic N) is 2. The van der Waals surface area contributed by atoms with E-state index in [1.54, 1.807) is 0 Å². The van der Waals surface area contributed by atoms with Crippen molar-refractivity contribution in [2.45, 2.75) is 20.3 Å². The third-order valence-electron chi connectivity index (χ3n) is 3.59. The Morgan fingerprint density at radius 2 is 2.18 bits per heavy atom. The predicted molar refractivity (Wildman–Crippen MR) is 64.8 cm³/mol. The van der Waals surface area contributed by atoms with E-state index in [4.69, 9.17) is 0 Å². The van der Waals surface area contributed by atoms with Gasteiger partial charge in [0.15, 0.2) is 0 Å². The van der Waals surface area contributed by atoms with Gasteiger partial charge in [-0.05, 0) is 24.3 Å². The molecule has 17 heavy (non-hydrogen) atoms. The van der Waals surface area contributed by atoms with Crippen LogP contribution in [0.3, 0.4) is 0 Å². The summed E-state index contributed by atoms with van der Waals surface area (Å²) < 4.78 is 0. The van der Waals surface area contributed by atoms with Crippen LogP contribution in [0.2, 0.25) is 0 Å². The van der Waals surface area contributed by atoms with E-state index >= 15 is 0 Å². The largest absolute Gasteiger partial charge is 0.506 e. The molecule has 4 heteroatoms. The van der Waals surface area contributed by atoms with Gasteiger partial charge in [0.25, 0.3) is 5.91 Å². The molecule has 0 aromatic carbocycles. The van der Waals surface area contributed by atoms with Crippen molar-refractivity contribution in [3.63, 3.8) is 0 Å². The fourth-order valence-corrected chi connectivity index (χ4v) is 2.17. The van der Waals surface area contributed by atoms with E-state index in [0.29, 0.717) is 17.4 Å². The third kappa shape index (κ3) is 2.57. The first-order valence-electron chi connectivity index (χ1n) is 6.01. The summed E-state index contributed by atoms with van der Waals surface area (Å²) in [7, 11) is 0. The molecule has 1 aromatic rings. The Kier molecular flexibility index (Phi) is 3.31. The Balaban J connectivity index is 2.10. The second kappa shape index (κ2) is 4.73. The monoisotopic (exact) mass is 234 g/mol. The molecule has 1 saturated heterocycles. The van der Waals surface area contributed by atoms with Crippen LogP contribution in [0.1, 0.15) is 30.6 Å². The molecule has 1 fully saturated rings. The minimum absolute atomic E-state index is 0.0350.